The lowest BCUT2D eigenvalue weighted by molar-refractivity contribution is 0.477. The molecule has 0 fully saturated rings. The zero-order valence-electron chi connectivity index (χ0n) is 24.8. The predicted molar refractivity (Wildman–Crippen MR) is 179 cm³/mol. The highest BCUT2D eigenvalue weighted by molar-refractivity contribution is 8.03. The van der Waals surface area contributed by atoms with Crippen LogP contribution < -0.4 is 15.1 Å². The maximum absolute atomic E-state index is 11.1. The summed E-state index contributed by atoms with van der Waals surface area (Å²) in [6.07, 6.45) is 7.38. The molecule has 4 rings (SSSR count). The van der Waals surface area contributed by atoms with E-state index in [9.17, 15) is 16.8 Å². The van der Waals surface area contributed by atoms with Gasteiger partial charge >= 0.3 is 0 Å². The number of hydrogen-bond donors (Lipinski definition) is 3. The lowest BCUT2D eigenvalue weighted by Gasteiger charge is -2.26. The van der Waals surface area contributed by atoms with E-state index in [4.69, 9.17) is 9.11 Å². The van der Waals surface area contributed by atoms with Gasteiger partial charge in [0, 0.05) is 36.0 Å². The number of aryl methyl sites for hydroxylation is 2. The highest BCUT2D eigenvalue weighted by Gasteiger charge is 2.29. The summed E-state index contributed by atoms with van der Waals surface area (Å²) in [5.74, 6) is -0.526. The second-order valence-corrected chi connectivity index (χ2v) is 16.2. The van der Waals surface area contributed by atoms with Crippen LogP contribution in [-0.4, -0.2) is 69.0 Å². The molecule has 0 saturated heterocycles. The van der Waals surface area contributed by atoms with Gasteiger partial charge in [0.05, 0.1) is 33.3 Å². The number of anilines is 2. The Morgan fingerprint density at radius 2 is 1.56 bits per heavy atom. The van der Waals surface area contributed by atoms with Gasteiger partial charge in [0.15, 0.2) is 0 Å². The molecule has 0 radical (unpaired) electrons. The number of nitrogens with one attached hydrogen (secondary N) is 1. The normalized spacial score (nSPS) is 18.0. The molecular weight excluding hydrogens is 627 g/mol. The summed E-state index contributed by atoms with van der Waals surface area (Å²) in [7, 11) is -7.94. The number of benzene rings is 2. The number of nitrogens with zero attached hydrogens (tertiary/aromatic N) is 2. The van der Waals surface area contributed by atoms with Crippen molar-refractivity contribution >= 4 is 55.1 Å². The second kappa shape index (κ2) is 14.9. The van der Waals surface area contributed by atoms with E-state index < -0.39 is 20.2 Å². The maximum atomic E-state index is 11.1. The SMILES string of the molecule is CCC(/C=C1\Sc2ccc(C)cc2N1CCNCCS(=O)(=O)O)=C\C1Sc2ccc(C)cc2N1CCCCCS(=O)(=O)O. The Hall–Kier alpha value is -2.00. The van der Waals surface area contributed by atoms with E-state index in [0.29, 0.717) is 25.9 Å². The average molecular weight is 668 g/mol. The van der Waals surface area contributed by atoms with Crippen LogP contribution in [0.15, 0.2) is 68.9 Å². The monoisotopic (exact) mass is 667 g/mol. The number of rotatable bonds is 15. The zero-order valence-corrected chi connectivity index (χ0v) is 28.1. The fraction of sp³-hybridized carbons (Fsp3) is 0.467. The van der Waals surface area contributed by atoms with Crippen LogP contribution in [0.5, 0.6) is 0 Å². The van der Waals surface area contributed by atoms with Crippen LogP contribution in [0.4, 0.5) is 11.4 Å². The Bertz CT molecular complexity index is 1570. The Labute approximate surface area is 264 Å². The van der Waals surface area contributed by atoms with E-state index >= 15 is 0 Å². The Morgan fingerprint density at radius 1 is 0.884 bits per heavy atom. The van der Waals surface area contributed by atoms with Crippen LogP contribution in [0.3, 0.4) is 0 Å². The van der Waals surface area contributed by atoms with Gasteiger partial charge in [-0.1, -0.05) is 49.0 Å². The molecule has 0 aromatic heterocycles. The molecule has 2 aromatic rings. The van der Waals surface area contributed by atoms with Crippen molar-refractivity contribution in [1.82, 2.24) is 5.32 Å². The van der Waals surface area contributed by atoms with Gasteiger partial charge in [-0.15, -0.1) is 0 Å². The van der Waals surface area contributed by atoms with Gasteiger partial charge in [-0.2, -0.15) is 16.8 Å². The number of fused-ring (bicyclic) bond motifs is 2. The number of hydrogen-bond acceptors (Lipinski definition) is 9. The molecule has 3 N–H and O–H groups in total. The summed E-state index contributed by atoms with van der Waals surface area (Å²) in [6, 6.07) is 12.9. The third kappa shape index (κ3) is 10.0. The molecule has 0 amide bonds. The minimum Gasteiger partial charge on any atom is -0.355 e. The molecule has 0 aliphatic carbocycles. The lowest BCUT2D eigenvalue weighted by atomic mass is 10.1. The number of unbranched alkanes of at least 4 members (excludes halogenated alkanes) is 2. The minimum atomic E-state index is -4.00. The summed E-state index contributed by atoms with van der Waals surface area (Å²) in [5.41, 5.74) is 5.89. The van der Waals surface area contributed by atoms with Crippen LogP contribution in [-0.2, 0) is 20.2 Å². The fourth-order valence-corrected chi connectivity index (χ4v) is 8.48. The smallest absolute Gasteiger partial charge is 0.266 e. The summed E-state index contributed by atoms with van der Waals surface area (Å²) >= 11 is 3.55. The molecule has 13 heteroatoms. The third-order valence-corrected chi connectivity index (χ3v) is 11.2. The van der Waals surface area contributed by atoms with Crippen LogP contribution in [0, 0.1) is 13.8 Å². The first-order valence-electron chi connectivity index (χ1n) is 14.5. The van der Waals surface area contributed by atoms with Crippen molar-refractivity contribution in [3.8, 4) is 0 Å². The number of thioether (sulfide) groups is 2. The molecule has 1 atom stereocenters. The highest BCUT2D eigenvalue weighted by Crippen LogP contribution is 2.48. The molecule has 236 valence electrons. The summed E-state index contributed by atoms with van der Waals surface area (Å²) in [6.45, 7) is 8.48. The van der Waals surface area contributed by atoms with E-state index in [1.54, 1.807) is 11.8 Å². The largest absolute Gasteiger partial charge is 0.355 e. The standard InChI is InChI=1S/C30H41N3O6S4/c1-4-24(20-29-32(14-6-5-7-16-42(34,35)36)25-18-22(2)8-10-27(25)40-29)21-30-33(15-12-31-13-17-43(37,38)39)26-19-23(3)9-11-28(26)41-30/h8-11,18-21,29,31H,4-7,12-17H2,1-3H3,(H,34,35,36)(H,37,38,39)/b24-20+,30-21-. The van der Waals surface area contributed by atoms with Crippen molar-refractivity contribution in [3.63, 3.8) is 0 Å². The van der Waals surface area contributed by atoms with Gasteiger partial charge in [0.25, 0.3) is 20.2 Å². The first-order valence-corrected chi connectivity index (χ1v) is 19.4. The molecule has 0 bridgehead atoms. The fourth-order valence-electron chi connectivity index (χ4n) is 5.07. The van der Waals surface area contributed by atoms with Gasteiger partial charge in [-0.25, -0.2) is 0 Å². The van der Waals surface area contributed by atoms with Gasteiger partial charge in [0.2, 0.25) is 0 Å². The Balaban J connectivity index is 1.53. The summed E-state index contributed by atoms with van der Waals surface area (Å²) in [4.78, 5) is 7.06. The first kappa shape index (κ1) is 33.9. The molecular formula is C30H41N3O6S4. The average Bonchev–Trinajstić information content (AvgIpc) is 3.43. The quantitative estimate of drug-likeness (QED) is 0.156. The van der Waals surface area contributed by atoms with Gasteiger partial charge < -0.3 is 15.1 Å². The van der Waals surface area contributed by atoms with Gasteiger partial charge in [-0.3, -0.25) is 9.11 Å². The Kier molecular flexibility index (Phi) is 11.7. The molecule has 43 heavy (non-hydrogen) atoms. The summed E-state index contributed by atoms with van der Waals surface area (Å²) in [5, 5.41) is 4.33. The molecule has 0 saturated carbocycles. The van der Waals surface area contributed by atoms with Crippen molar-refractivity contribution in [2.45, 2.75) is 61.6 Å². The summed E-state index contributed by atoms with van der Waals surface area (Å²) < 4.78 is 62.5. The minimum absolute atomic E-state index is 0.0942. The molecule has 0 spiro atoms. The van der Waals surface area contributed by atoms with Crippen molar-refractivity contribution in [3.05, 3.63) is 70.3 Å². The Morgan fingerprint density at radius 3 is 2.23 bits per heavy atom. The van der Waals surface area contributed by atoms with Crippen LogP contribution in [0.25, 0.3) is 0 Å². The van der Waals surface area contributed by atoms with Crippen molar-refractivity contribution in [1.29, 1.82) is 0 Å². The van der Waals surface area contributed by atoms with Gasteiger partial charge in [0.1, 0.15) is 0 Å². The first-order chi connectivity index (χ1) is 20.3. The van der Waals surface area contributed by atoms with Crippen molar-refractivity contribution in [2.24, 2.45) is 0 Å². The van der Waals surface area contributed by atoms with Crippen molar-refractivity contribution < 1.29 is 25.9 Å². The lowest BCUT2D eigenvalue weighted by Crippen LogP contribution is -2.32. The van der Waals surface area contributed by atoms with Crippen molar-refractivity contribution in [2.75, 3.05) is 47.5 Å². The van der Waals surface area contributed by atoms with E-state index in [2.05, 4.69) is 84.4 Å². The highest BCUT2D eigenvalue weighted by atomic mass is 32.2. The van der Waals surface area contributed by atoms with E-state index in [1.165, 1.54) is 32.2 Å². The zero-order chi connectivity index (χ0) is 31.2. The molecule has 2 aromatic carbocycles. The third-order valence-electron chi connectivity index (χ3n) is 7.29. The van der Waals surface area contributed by atoms with E-state index in [-0.39, 0.29) is 23.4 Å². The molecule has 2 heterocycles. The molecule has 2 aliphatic rings. The predicted octanol–water partition coefficient (Wildman–Crippen LogP) is 5.87. The molecule has 1 unspecified atom stereocenters. The van der Waals surface area contributed by atoms with Crippen LogP contribution >= 0.6 is 23.5 Å². The molecule has 2 aliphatic heterocycles. The second-order valence-electron chi connectivity index (χ2n) is 10.9. The van der Waals surface area contributed by atoms with Crippen LogP contribution in [0.1, 0.15) is 43.7 Å². The topological polar surface area (TPSA) is 127 Å². The van der Waals surface area contributed by atoms with E-state index in [1.807, 2.05) is 11.8 Å². The van der Waals surface area contributed by atoms with E-state index in [0.717, 1.165) is 30.1 Å². The van der Waals surface area contributed by atoms with Gasteiger partial charge in [-0.05, 0) is 86.2 Å². The van der Waals surface area contributed by atoms with Crippen LogP contribution in [0.2, 0.25) is 0 Å². The number of allylic oxidation sites excluding steroid dienone is 2. The molecule has 9 nitrogen and oxygen atoms in total. The maximum Gasteiger partial charge on any atom is 0.266 e.